The highest BCUT2D eigenvalue weighted by Crippen LogP contribution is 2.21. The van der Waals surface area contributed by atoms with Crippen molar-refractivity contribution in [2.45, 2.75) is 52.2 Å². The average Bonchev–Trinajstić information content (AvgIpc) is 3.08. The normalized spacial score (nSPS) is 17.2. The minimum atomic E-state index is -0.667. The number of pyridine rings is 1. The molecule has 0 aromatic carbocycles. The first-order chi connectivity index (χ1) is 12.7. The maximum Gasteiger partial charge on any atom is 0.410 e. The predicted molar refractivity (Wildman–Crippen MR) is 98.9 cm³/mol. The summed E-state index contributed by atoms with van der Waals surface area (Å²) in [5, 5.41) is 4.48. The maximum atomic E-state index is 12.8. The number of ether oxygens (including phenoxy) is 1. The number of nitrogens with zero attached hydrogens (tertiary/aromatic N) is 4. The highest BCUT2D eigenvalue weighted by atomic mass is 16.6. The van der Waals surface area contributed by atoms with Crippen molar-refractivity contribution < 1.29 is 14.3 Å². The Balaban J connectivity index is 1.85. The first kappa shape index (κ1) is 18.8. The Kier molecular flexibility index (Phi) is 4.86. The fourth-order valence-corrected chi connectivity index (χ4v) is 3.02. The van der Waals surface area contributed by atoms with Crippen LogP contribution < -0.4 is 10.9 Å². The molecule has 0 bridgehead atoms. The minimum absolute atomic E-state index is 0.236. The number of hydrogen-bond donors (Lipinski definition) is 1. The fraction of sp³-hybridized carbons (Fsp3) is 0.500. The molecule has 2 aromatic heterocycles. The van der Waals surface area contributed by atoms with Crippen LogP contribution in [0, 0.1) is 6.92 Å². The standard InChI is InChI=1S/C18H23N5O4/c1-11-14(24)12-7-5-9-19-15(12)23(20-11)21-16(25)13-8-6-10-22(13)17(26)27-18(2,3)4/h5,7,9,13H,6,8,10H2,1-4H3,(H,21,25). The SMILES string of the molecule is Cc1nn(NC(=O)C2CCCN2C(=O)OC(C)(C)C)c2ncccc2c1=O. The van der Waals surface area contributed by atoms with E-state index in [-0.39, 0.29) is 16.8 Å². The smallest absolute Gasteiger partial charge is 0.410 e. The zero-order chi connectivity index (χ0) is 19.8. The molecule has 1 unspecified atom stereocenters. The largest absolute Gasteiger partial charge is 0.444 e. The van der Waals surface area contributed by atoms with E-state index in [1.54, 1.807) is 39.8 Å². The second kappa shape index (κ2) is 6.98. The van der Waals surface area contributed by atoms with Crippen molar-refractivity contribution >= 4 is 23.0 Å². The van der Waals surface area contributed by atoms with Crippen LogP contribution in [0.4, 0.5) is 4.79 Å². The van der Waals surface area contributed by atoms with E-state index in [1.165, 1.54) is 15.9 Å². The summed E-state index contributed by atoms with van der Waals surface area (Å²) in [5.74, 6) is -0.402. The van der Waals surface area contributed by atoms with Gasteiger partial charge in [-0.1, -0.05) is 0 Å². The van der Waals surface area contributed by atoms with Crippen molar-refractivity contribution in [2.75, 3.05) is 12.0 Å². The molecule has 3 rings (SSSR count). The molecule has 144 valence electrons. The fourth-order valence-electron chi connectivity index (χ4n) is 3.02. The van der Waals surface area contributed by atoms with Crippen LogP contribution in [0.1, 0.15) is 39.3 Å². The summed E-state index contributed by atoms with van der Waals surface area (Å²) < 4.78 is 5.39. The van der Waals surface area contributed by atoms with Crippen LogP contribution in [-0.2, 0) is 9.53 Å². The lowest BCUT2D eigenvalue weighted by Gasteiger charge is -2.28. The molecule has 1 N–H and O–H groups in total. The summed E-state index contributed by atoms with van der Waals surface area (Å²) >= 11 is 0. The average molecular weight is 373 g/mol. The maximum absolute atomic E-state index is 12.8. The molecule has 1 aliphatic rings. The Morgan fingerprint density at radius 1 is 1.33 bits per heavy atom. The predicted octanol–water partition coefficient (Wildman–Crippen LogP) is 1.57. The van der Waals surface area contributed by atoms with Crippen molar-refractivity contribution in [1.82, 2.24) is 19.8 Å². The van der Waals surface area contributed by atoms with Gasteiger partial charge in [-0.05, 0) is 52.7 Å². The number of carbonyl (C=O) groups excluding carboxylic acids is 2. The number of amides is 2. The van der Waals surface area contributed by atoms with E-state index < -0.39 is 23.6 Å². The Morgan fingerprint density at radius 2 is 2.07 bits per heavy atom. The number of likely N-dealkylation sites (tertiary alicyclic amines) is 1. The van der Waals surface area contributed by atoms with Crippen molar-refractivity contribution in [3.05, 3.63) is 34.2 Å². The molecule has 0 radical (unpaired) electrons. The van der Waals surface area contributed by atoms with Gasteiger partial charge in [-0.15, -0.1) is 0 Å². The zero-order valence-corrected chi connectivity index (χ0v) is 15.9. The Bertz CT molecular complexity index is 947. The van der Waals surface area contributed by atoms with Gasteiger partial charge in [0, 0.05) is 12.7 Å². The summed E-state index contributed by atoms with van der Waals surface area (Å²) in [7, 11) is 0. The summed E-state index contributed by atoms with van der Waals surface area (Å²) in [6.45, 7) is 7.35. The van der Waals surface area contributed by atoms with Gasteiger partial charge in [0.15, 0.2) is 5.65 Å². The van der Waals surface area contributed by atoms with E-state index in [1.807, 2.05) is 0 Å². The molecule has 1 saturated heterocycles. The van der Waals surface area contributed by atoms with Crippen molar-refractivity contribution in [3.8, 4) is 0 Å². The quantitative estimate of drug-likeness (QED) is 0.856. The molecule has 0 spiro atoms. The first-order valence-corrected chi connectivity index (χ1v) is 8.82. The lowest BCUT2D eigenvalue weighted by Crippen LogP contribution is -2.47. The Labute approximate surface area is 156 Å². The molecule has 0 saturated carbocycles. The van der Waals surface area contributed by atoms with Crippen LogP contribution >= 0.6 is 0 Å². The lowest BCUT2D eigenvalue weighted by molar-refractivity contribution is -0.121. The zero-order valence-electron chi connectivity index (χ0n) is 15.9. The van der Waals surface area contributed by atoms with Crippen molar-refractivity contribution in [2.24, 2.45) is 0 Å². The summed E-state index contributed by atoms with van der Waals surface area (Å²) in [6.07, 6.45) is 2.22. The molecule has 9 nitrogen and oxygen atoms in total. The topological polar surface area (TPSA) is 106 Å². The first-order valence-electron chi connectivity index (χ1n) is 8.82. The number of aromatic nitrogens is 3. The van der Waals surface area contributed by atoms with E-state index in [4.69, 9.17) is 4.74 Å². The monoisotopic (exact) mass is 373 g/mol. The van der Waals surface area contributed by atoms with Gasteiger partial charge in [-0.2, -0.15) is 9.89 Å². The van der Waals surface area contributed by atoms with Gasteiger partial charge in [0.05, 0.1) is 5.39 Å². The third-order valence-corrected chi connectivity index (χ3v) is 4.21. The molecule has 27 heavy (non-hydrogen) atoms. The molecule has 2 amide bonds. The Hall–Kier alpha value is -2.97. The second-order valence-corrected chi connectivity index (χ2v) is 7.51. The van der Waals surface area contributed by atoms with Crippen LogP contribution in [0.5, 0.6) is 0 Å². The molecule has 0 aliphatic carbocycles. The minimum Gasteiger partial charge on any atom is -0.444 e. The van der Waals surface area contributed by atoms with E-state index in [2.05, 4.69) is 15.5 Å². The molecule has 2 aromatic rings. The van der Waals surface area contributed by atoms with Gasteiger partial charge in [0.25, 0.3) is 5.91 Å². The van der Waals surface area contributed by atoms with Gasteiger partial charge >= 0.3 is 6.09 Å². The molecule has 1 aliphatic heterocycles. The Morgan fingerprint density at radius 3 is 2.78 bits per heavy atom. The van der Waals surface area contributed by atoms with Crippen LogP contribution in [0.2, 0.25) is 0 Å². The van der Waals surface area contributed by atoms with Crippen LogP contribution in [0.25, 0.3) is 11.0 Å². The van der Waals surface area contributed by atoms with E-state index in [9.17, 15) is 14.4 Å². The van der Waals surface area contributed by atoms with Crippen LogP contribution in [-0.4, -0.2) is 50.0 Å². The van der Waals surface area contributed by atoms with Crippen molar-refractivity contribution in [1.29, 1.82) is 0 Å². The van der Waals surface area contributed by atoms with Gasteiger partial charge in [0.1, 0.15) is 17.3 Å². The van der Waals surface area contributed by atoms with Crippen LogP contribution in [0.3, 0.4) is 0 Å². The summed E-state index contributed by atoms with van der Waals surface area (Å²) in [4.78, 5) is 44.2. The highest BCUT2D eigenvalue weighted by molar-refractivity contribution is 5.92. The molecule has 1 fully saturated rings. The molecular formula is C18H23N5O4. The van der Waals surface area contributed by atoms with Gasteiger partial charge in [-0.3, -0.25) is 14.5 Å². The number of fused-ring (bicyclic) bond motifs is 1. The second-order valence-electron chi connectivity index (χ2n) is 7.51. The number of aryl methyl sites for hydroxylation is 1. The number of nitrogens with one attached hydrogen (secondary N) is 1. The van der Waals surface area contributed by atoms with Crippen molar-refractivity contribution in [3.63, 3.8) is 0 Å². The molecule has 1 atom stereocenters. The number of hydrogen-bond acceptors (Lipinski definition) is 6. The molecular weight excluding hydrogens is 350 g/mol. The van der Waals surface area contributed by atoms with E-state index >= 15 is 0 Å². The number of rotatable bonds is 2. The number of carbonyl (C=O) groups is 2. The summed E-state index contributed by atoms with van der Waals surface area (Å²) in [5.41, 5.74) is 2.28. The third kappa shape index (κ3) is 3.91. The third-order valence-electron chi connectivity index (χ3n) is 4.21. The summed E-state index contributed by atoms with van der Waals surface area (Å²) in [6, 6.07) is 2.61. The highest BCUT2D eigenvalue weighted by Gasteiger charge is 2.37. The van der Waals surface area contributed by atoms with Crippen LogP contribution in [0.15, 0.2) is 23.1 Å². The lowest BCUT2D eigenvalue weighted by atomic mass is 10.2. The van der Waals surface area contributed by atoms with Gasteiger partial charge in [0.2, 0.25) is 5.43 Å². The van der Waals surface area contributed by atoms with E-state index in [0.717, 1.165) is 0 Å². The molecule has 9 heteroatoms. The van der Waals surface area contributed by atoms with E-state index in [0.29, 0.717) is 24.8 Å². The van der Waals surface area contributed by atoms with Gasteiger partial charge < -0.3 is 4.74 Å². The van der Waals surface area contributed by atoms with Gasteiger partial charge in [-0.25, -0.2) is 15.2 Å². The molecule has 3 heterocycles.